The van der Waals surface area contributed by atoms with Crippen LogP contribution in [0.15, 0.2) is 0 Å². The first-order chi connectivity index (χ1) is 8.12. The molecule has 0 radical (unpaired) electrons. The number of rotatable bonds is 2. The monoisotopic (exact) mass is 261 g/mol. The number of carbonyl (C=O) groups excluding carboxylic acids is 1. The molecule has 1 aliphatic rings. The summed E-state index contributed by atoms with van der Waals surface area (Å²) in [4.78, 5) is 24.3. The fourth-order valence-corrected chi connectivity index (χ4v) is 2.17. The molecule has 1 saturated heterocycles. The average molecular weight is 261 g/mol. The third-order valence-corrected chi connectivity index (χ3v) is 3.05. The second-order valence-electron chi connectivity index (χ2n) is 5.58. The molecule has 1 fully saturated rings. The van der Waals surface area contributed by atoms with Gasteiger partial charge in [-0.1, -0.05) is 6.92 Å². The molecule has 1 aliphatic heterocycles. The van der Waals surface area contributed by atoms with Crippen molar-refractivity contribution >= 4 is 12.1 Å². The SMILES string of the molecule is CC[C@]1(C(=O)O)C[C@H](F)CN1C(=O)OC(C)(C)C. The number of aliphatic carboxylic acids is 1. The fourth-order valence-electron chi connectivity index (χ4n) is 2.17. The highest BCUT2D eigenvalue weighted by Crippen LogP contribution is 2.35. The van der Waals surface area contributed by atoms with Crippen molar-refractivity contribution in [2.75, 3.05) is 6.54 Å². The van der Waals surface area contributed by atoms with Crippen LogP contribution in [0.5, 0.6) is 0 Å². The van der Waals surface area contributed by atoms with Gasteiger partial charge in [-0.3, -0.25) is 4.90 Å². The van der Waals surface area contributed by atoms with Crippen LogP contribution in [0.4, 0.5) is 9.18 Å². The minimum Gasteiger partial charge on any atom is -0.479 e. The maximum absolute atomic E-state index is 13.5. The van der Waals surface area contributed by atoms with E-state index in [0.29, 0.717) is 0 Å². The van der Waals surface area contributed by atoms with Crippen LogP contribution in [0.3, 0.4) is 0 Å². The third kappa shape index (κ3) is 2.73. The number of hydrogen-bond donors (Lipinski definition) is 1. The molecule has 1 rings (SSSR count). The van der Waals surface area contributed by atoms with Crippen molar-refractivity contribution in [2.45, 2.75) is 57.8 Å². The van der Waals surface area contributed by atoms with E-state index in [0.717, 1.165) is 4.90 Å². The van der Waals surface area contributed by atoms with E-state index in [-0.39, 0.29) is 19.4 Å². The van der Waals surface area contributed by atoms with Gasteiger partial charge in [0.1, 0.15) is 17.3 Å². The quantitative estimate of drug-likeness (QED) is 0.827. The van der Waals surface area contributed by atoms with Crippen LogP contribution in [-0.4, -0.2) is 45.9 Å². The summed E-state index contributed by atoms with van der Waals surface area (Å²) in [5.41, 5.74) is -2.22. The molecule has 104 valence electrons. The van der Waals surface area contributed by atoms with Gasteiger partial charge in [-0.15, -0.1) is 0 Å². The van der Waals surface area contributed by atoms with Crippen molar-refractivity contribution in [3.05, 3.63) is 0 Å². The largest absolute Gasteiger partial charge is 0.479 e. The van der Waals surface area contributed by atoms with E-state index in [9.17, 15) is 19.1 Å². The average Bonchev–Trinajstić information content (AvgIpc) is 2.54. The zero-order valence-corrected chi connectivity index (χ0v) is 11.2. The molecule has 5 nitrogen and oxygen atoms in total. The molecule has 2 atom stereocenters. The molecule has 1 heterocycles. The van der Waals surface area contributed by atoms with Crippen LogP contribution >= 0.6 is 0 Å². The van der Waals surface area contributed by atoms with E-state index in [4.69, 9.17) is 4.74 Å². The molecular weight excluding hydrogens is 241 g/mol. The highest BCUT2D eigenvalue weighted by Gasteiger charge is 2.53. The van der Waals surface area contributed by atoms with Crippen LogP contribution in [0.1, 0.15) is 40.5 Å². The molecule has 1 N–H and O–H groups in total. The Morgan fingerprint density at radius 1 is 1.50 bits per heavy atom. The van der Waals surface area contributed by atoms with E-state index in [2.05, 4.69) is 0 Å². The first-order valence-electron chi connectivity index (χ1n) is 6.00. The first-order valence-corrected chi connectivity index (χ1v) is 6.00. The molecule has 0 aromatic heterocycles. The zero-order chi connectivity index (χ0) is 14.1. The molecule has 0 unspecified atom stereocenters. The lowest BCUT2D eigenvalue weighted by Gasteiger charge is -2.34. The second kappa shape index (κ2) is 4.74. The minimum absolute atomic E-state index is 0.155. The van der Waals surface area contributed by atoms with Gasteiger partial charge >= 0.3 is 12.1 Å². The predicted octanol–water partition coefficient (Wildman–Crippen LogP) is 2.20. The summed E-state index contributed by atoms with van der Waals surface area (Å²) in [6, 6.07) is 0. The predicted molar refractivity (Wildman–Crippen MR) is 63.1 cm³/mol. The van der Waals surface area contributed by atoms with Gasteiger partial charge in [-0.05, 0) is 27.2 Å². The summed E-state index contributed by atoms with van der Waals surface area (Å²) in [7, 11) is 0. The highest BCUT2D eigenvalue weighted by atomic mass is 19.1. The van der Waals surface area contributed by atoms with Crippen molar-refractivity contribution in [3.8, 4) is 0 Å². The Kier molecular flexibility index (Phi) is 3.88. The minimum atomic E-state index is -1.48. The lowest BCUT2D eigenvalue weighted by Crippen LogP contribution is -2.53. The molecule has 0 aromatic carbocycles. The Labute approximate surface area is 106 Å². The van der Waals surface area contributed by atoms with E-state index < -0.39 is 29.4 Å². The summed E-state index contributed by atoms with van der Waals surface area (Å²) in [5, 5.41) is 9.28. The Morgan fingerprint density at radius 2 is 2.06 bits per heavy atom. The number of amides is 1. The van der Waals surface area contributed by atoms with E-state index in [1.165, 1.54) is 0 Å². The third-order valence-electron chi connectivity index (χ3n) is 3.05. The fraction of sp³-hybridized carbons (Fsp3) is 0.833. The molecule has 0 saturated carbocycles. The van der Waals surface area contributed by atoms with Crippen LogP contribution in [0, 0.1) is 0 Å². The van der Waals surface area contributed by atoms with Crippen molar-refractivity contribution in [1.82, 2.24) is 4.90 Å². The molecule has 0 bridgehead atoms. The topological polar surface area (TPSA) is 66.8 Å². The Bertz CT molecular complexity index is 352. The van der Waals surface area contributed by atoms with Gasteiger partial charge in [0, 0.05) is 6.42 Å². The van der Waals surface area contributed by atoms with Crippen molar-refractivity contribution < 1.29 is 23.8 Å². The summed E-state index contributed by atoms with van der Waals surface area (Å²) in [5.74, 6) is -1.18. The maximum atomic E-state index is 13.5. The van der Waals surface area contributed by atoms with Crippen molar-refractivity contribution in [3.63, 3.8) is 0 Å². The first kappa shape index (κ1) is 14.7. The molecule has 0 aromatic rings. The summed E-state index contributed by atoms with van der Waals surface area (Å²) < 4.78 is 18.6. The number of carbonyl (C=O) groups is 2. The normalized spacial score (nSPS) is 28.3. The number of alkyl halides is 1. The molecule has 0 aliphatic carbocycles. The van der Waals surface area contributed by atoms with Gasteiger partial charge in [-0.25, -0.2) is 14.0 Å². The Morgan fingerprint density at radius 3 is 2.44 bits per heavy atom. The van der Waals surface area contributed by atoms with Gasteiger partial charge in [0.15, 0.2) is 0 Å². The van der Waals surface area contributed by atoms with E-state index in [1.54, 1.807) is 27.7 Å². The van der Waals surface area contributed by atoms with Gasteiger partial charge in [0.05, 0.1) is 6.54 Å². The summed E-state index contributed by atoms with van der Waals surface area (Å²) >= 11 is 0. The summed E-state index contributed by atoms with van der Waals surface area (Å²) in [6.07, 6.45) is -2.12. The maximum Gasteiger partial charge on any atom is 0.411 e. The smallest absolute Gasteiger partial charge is 0.411 e. The van der Waals surface area contributed by atoms with E-state index in [1.807, 2.05) is 0 Å². The molecule has 1 amide bonds. The standard InChI is InChI=1S/C12H20FNO4/c1-5-12(9(15)16)6-8(13)7-14(12)10(17)18-11(2,3)4/h8H,5-7H2,1-4H3,(H,15,16)/t8-,12+/m0/s1. The van der Waals surface area contributed by atoms with Gasteiger partial charge in [0.2, 0.25) is 0 Å². The number of carboxylic acids is 1. The number of carboxylic acid groups (broad SMARTS) is 1. The molecule has 0 spiro atoms. The lowest BCUT2D eigenvalue weighted by atomic mass is 9.93. The highest BCUT2D eigenvalue weighted by molar-refractivity contribution is 5.85. The molecule has 6 heteroatoms. The summed E-state index contributed by atoms with van der Waals surface area (Å²) in [6.45, 7) is 6.45. The van der Waals surface area contributed by atoms with Gasteiger partial charge in [-0.2, -0.15) is 0 Å². The molecular formula is C12H20FNO4. The lowest BCUT2D eigenvalue weighted by molar-refractivity contribution is -0.149. The number of hydrogen-bond acceptors (Lipinski definition) is 3. The zero-order valence-electron chi connectivity index (χ0n) is 11.2. The van der Waals surface area contributed by atoms with Crippen LogP contribution in [-0.2, 0) is 9.53 Å². The molecule has 18 heavy (non-hydrogen) atoms. The second-order valence-corrected chi connectivity index (χ2v) is 5.58. The van der Waals surface area contributed by atoms with Crippen LogP contribution in [0.25, 0.3) is 0 Å². The number of likely N-dealkylation sites (tertiary alicyclic amines) is 1. The van der Waals surface area contributed by atoms with Crippen molar-refractivity contribution in [1.29, 1.82) is 0 Å². The number of halogens is 1. The number of ether oxygens (including phenoxy) is 1. The Balaban J connectivity index is 2.98. The van der Waals surface area contributed by atoms with Crippen LogP contribution < -0.4 is 0 Å². The van der Waals surface area contributed by atoms with Gasteiger partial charge in [0.25, 0.3) is 0 Å². The van der Waals surface area contributed by atoms with E-state index >= 15 is 0 Å². The Hall–Kier alpha value is -1.33. The van der Waals surface area contributed by atoms with Gasteiger partial charge < -0.3 is 9.84 Å². The number of nitrogens with zero attached hydrogens (tertiary/aromatic N) is 1. The van der Waals surface area contributed by atoms with Crippen molar-refractivity contribution in [2.24, 2.45) is 0 Å². The van der Waals surface area contributed by atoms with Crippen LogP contribution in [0.2, 0.25) is 0 Å².